The van der Waals surface area contributed by atoms with Crippen LogP contribution in [0.5, 0.6) is 11.5 Å². The number of ether oxygens (including phenoxy) is 2. The third kappa shape index (κ3) is 6.47. The van der Waals surface area contributed by atoms with E-state index in [1.54, 1.807) is 11.0 Å². The molecule has 0 saturated carbocycles. The average Bonchev–Trinajstić information content (AvgIpc) is 3.44. The molecule has 0 aliphatic carbocycles. The molecular formula is C32H42N2O5. The largest absolute Gasteiger partial charge is 0.507 e. The van der Waals surface area contributed by atoms with Gasteiger partial charge in [-0.15, -0.1) is 0 Å². The van der Waals surface area contributed by atoms with Gasteiger partial charge in [0.2, 0.25) is 0 Å². The lowest BCUT2D eigenvalue weighted by molar-refractivity contribution is -0.140. The van der Waals surface area contributed by atoms with Crippen LogP contribution in [0, 0.1) is 0 Å². The minimum absolute atomic E-state index is 0.0662. The van der Waals surface area contributed by atoms with Gasteiger partial charge in [0, 0.05) is 18.5 Å². The molecular weight excluding hydrogens is 492 g/mol. The summed E-state index contributed by atoms with van der Waals surface area (Å²) >= 11 is 0. The second-order valence-electron chi connectivity index (χ2n) is 10.5. The fourth-order valence-electron chi connectivity index (χ4n) is 5.47. The first-order valence-electron chi connectivity index (χ1n) is 14.4. The number of hydrogen-bond donors (Lipinski definition) is 1. The molecule has 1 saturated heterocycles. The van der Waals surface area contributed by atoms with Crippen LogP contribution in [0.25, 0.3) is 5.76 Å². The van der Waals surface area contributed by atoms with E-state index in [9.17, 15) is 14.7 Å². The normalized spacial score (nSPS) is 20.0. The van der Waals surface area contributed by atoms with Gasteiger partial charge in [0.25, 0.3) is 11.7 Å². The van der Waals surface area contributed by atoms with Gasteiger partial charge in [-0.1, -0.05) is 45.7 Å². The predicted octanol–water partition coefficient (Wildman–Crippen LogP) is 5.73. The maximum Gasteiger partial charge on any atom is 0.295 e. The van der Waals surface area contributed by atoms with Crippen LogP contribution in [0.4, 0.5) is 0 Å². The number of carbonyl (C=O) groups excluding carboxylic acids is 2. The van der Waals surface area contributed by atoms with Crippen LogP contribution < -0.4 is 9.47 Å². The zero-order chi connectivity index (χ0) is 27.9. The van der Waals surface area contributed by atoms with Crippen LogP contribution in [0.2, 0.25) is 0 Å². The highest BCUT2D eigenvalue weighted by molar-refractivity contribution is 6.46. The van der Waals surface area contributed by atoms with Crippen molar-refractivity contribution in [3.05, 3.63) is 64.7 Å². The number of unbranched alkanes of at least 4 members (excludes halogenated alkanes) is 2. The topological polar surface area (TPSA) is 79.3 Å². The third-order valence-electron chi connectivity index (χ3n) is 7.69. The Morgan fingerprint density at radius 3 is 2.49 bits per heavy atom. The van der Waals surface area contributed by atoms with Gasteiger partial charge >= 0.3 is 0 Å². The summed E-state index contributed by atoms with van der Waals surface area (Å²) in [6.07, 6.45) is 4.78. The van der Waals surface area contributed by atoms with Crippen molar-refractivity contribution in [3.8, 4) is 11.5 Å². The van der Waals surface area contributed by atoms with Gasteiger partial charge in [0.05, 0.1) is 18.2 Å². The highest BCUT2D eigenvalue weighted by Crippen LogP contribution is 2.41. The molecule has 1 amide bonds. The van der Waals surface area contributed by atoms with Crippen LogP contribution in [0.1, 0.15) is 76.1 Å². The van der Waals surface area contributed by atoms with Crippen LogP contribution >= 0.6 is 0 Å². The lowest BCUT2D eigenvalue weighted by Crippen LogP contribution is -2.33. The Morgan fingerprint density at radius 2 is 1.79 bits per heavy atom. The van der Waals surface area contributed by atoms with Gasteiger partial charge in [-0.05, 0) is 80.9 Å². The van der Waals surface area contributed by atoms with Gasteiger partial charge in [-0.25, -0.2) is 0 Å². The van der Waals surface area contributed by atoms with E-state index >= 15 is 0 Å². The van der Waals surface area contributed by atoms with Crippen molar-refractivity contribution in [1.82, 2.24) is 9.80 Å². The first kappa shape index (κ1) is 28.7. The molecule has 7 nitrogen and oxygen atoms in total. The average molecular weight is 535 g/mol. The molecule has 4 rings (SSSR count). The van der Waals surface area contributed by atoms with E-state index < -0.39 is 17.7 Å². The van der Waals surface area contributed by atoms with Crippen LogP contribution in [-0.2, 0) is 16.0 Å². The molecule has 39 heavy (non-hydrogen) atoms. The SMILES string of the molecule is CCCCCOc1ccc([C@@H]2/C(=C(\O)c3ccc4c(c3)C[C@H](C)O4)C(=O)C(=O)N2CCCN(CC)CC)cc1. The Labute approximate surface area is 232 Å². The van der Waals surface area contributed by atoms with Crippen LogP contribution in [0.15, 0.2) is 48.0 Å². The number of amides is 1. The number of Topliss-reactive ketones (excluding diaryl/α,β-unsaturated/α-hetero) is 1. The van der Waals surface area contributed by atoms with Crippen molar-refractivity contribution >= 4 is 17.4 Å². The molecule has 2 heterocycles. The van der Waals surface area contributed by atoms with Crippen LogP contribution in [-0.4, -0.2) is 65.5 Å². The second-order valence-corrected chi connectivity index (χ2v) is 10.5. The quantitative estimate of drug-likeness (QED) is 0.153. The molecule has 1 N–H and O–H groups in total. The van der Waals surface area contributed by atoms with E-state index in [1.165, 1.54) is 0 Å². The van der Waals surface area contributed by atoms with Crippen LogP contribution in [0.3, 0.4) is 0 Å². The zero-order valence-electron chi connectivity index (χ0n) is 23.7. The summed E-state index contributed by atoms with van der Waals surface area (Å²) in [5.74, 6) is 0.180. The number of nitrogens with zero attached hydrogens (tertiary/aromatic N) is 2. The van der Waals surface area contributed by atoms with Gasteiger partial charge in [0.15, 0.2) is 0 Å². The second kappa shape index (κ2) is 13.2. The minimum atomic E-state index is -0.667. The van der Waals surface area contributed by atoms with E-state index in [1.807, 2.05) is 43.3 Å². The zero-order valence-corrected chi connectivity index (χ0v) is 23.7. The lowest BCUT2D eigenvalue weighted by Gasteiger charge is -2.27. The molecule has 210 valence electrons. The molecule has 2 aromatic carbocycles. The molecule has 2 atom stereocenters. The van der Waals surface area contributed by atoms with E-state index in [2.05, 4.69) is 25.7 Å². The molecule has 0 bridgehead atoms. The number of aliphatic hydroxyl groups excluding tert-OH is 1. The Morgan fingerprint density at radius 1 is 1.05 bits per heavy atom. The molecule has 7 heteroatoms. The number of ketones is 1. The van der Waals surface area contributed by atoms with Crippen molar-refractivity contribution in [2.24, 2.45) is 0 Å². The molecule has 0 radical (unpaired) electrons. The number of fused-ring (bicyclic) bond motifs is 1. The highest BCUT2D eigenvalue weighted by Gasteiger charge is 2.46. The van der Waals surface area contributed by atoms with Crippen molar-refractivity contribution < 1.29 is 24.2 Å². The molecule has 0 spiro atoms. The molecule has 2 aliphatic heterocycles. The van der Waals surface area contributed by atoms with E-state index in [0.717, 1.165) is 74.4 Å². The van der Waals surface area contributed by atoms with Crippen molar-refractivity contribution in [2.75, 3.05) is 32.8 Å². The maximum absolute atomic E-state index is 13.4. The fourth-order valence-corrected chi connectivity index (χ4v) is 5.47. The van der Waals surface area contributed by atoms with E-state index in [4.69, 9.17) is 9.47 Å². The van der Waals surface area contributed by atoms with Crippen molar-refractivity contribution in [2.45, 2.75) is 71.9 Å². The summed E-state index contributed by atoms with van der Waals surface area (Å²) in [7, 11) is 0. The van der Waals surface area contributed by atoms with Gasteiger partial charge in [-0.3, -0.25) is 9.59 Å². The first-order chi connectivity index (χ1) is 18.9. The first-order valence-corrected chi connectivity index (χ1v) is 14.4. The van der Waals surface area contributed by atoms with Crippen molar-refractivity contribution in [1.29, 1.82) is 0 Å². The van der Waals surface area contributed by atoms with E-state index in [-0.39, 0.29) is 17.4 Å². The molecule has 2 aromatic rings. The summed E-state index contributed by atoms with van der Waals surface area (Å²) in [5.41, 5.74) is 2.42. The number of hydrogen-bond acceptors (Lipinski definition) is 6. The Bertz CT molecular complexity index is 1190. The number of likely N-dealkylation sites (tertiary alicyclic amines) is 1. The number of carbonyl (C=O) groups is 2. The fraction of sp³-hybridized carbons (Fsp3) is 0.500. The van der Waals surface area contributed by atoms with Gasteiger partial charge in [0.1, 0.15) is 23.4 Å². The van der Waals surface area contributed by atoms with E-state index in [0.29, 0.717) is 18.7 Å². The number of aliphatic hydroxyl groups is 1. The summed E-state index contributed by atoms with van der Waals surface area (Å²) in [5, 5.41) is 11.5. The summed E-state index contributed by atoms with van der Waals surface area (Å²) < 4.78 is 11.7. The summed E-state index contributed by atoms with van der Waals surface area (Å²) in [4.78, 5) is 30.6. The lowest BCUT2D eigenvalue weighted by atomic mass is 9.94. The summed E-state index contributed by atoms with van der Waals surface area (Å²) in [6.45, 7) is 12.2. The molecule has 1 fully saturated rings. The minimum Gasteiger partial charge on any atom is -0.507 e. The number of benzene rings is 2. The molecule has 0 unspecified atom stereocenters. The molecule has 0 aromatic heterocycles. The Balaban J connectivity index is 1.66. The third-order valence-corrected chi connectivity index (χ3v) is 7.69. The Hall–Kier alpha value is -3.32. The predicted molar refractivity (Wildman–Crippen MR) is 153 cm³/mol. The maximum atomic E-state index is 13.4. The van der Waals surface area contributed by atoms with Crippen molar-refractivity contribution in [3.63, 3.8) is 0 Å². The Kier molecular flexibility index (Phi) is 9.68. The van der Waals surface area contributed by atoms with Gasteiger partial charge < -0.3 is 24.4 Å². The standard InChI is InChI=1S/C32H42N2O5/c1-5-8-9-19-38-26-14-11-23(12-15-26)29-28(30(35)24-13-16-27-25(21-24)20-22(4)39-27)31(36)32(37)34(29)18-10-17-33(6-2)7-3/h11-16,21-22,29,35H,5-10,17-20H2,1-4H3/b30-28+/t22-,29+/m0/s1. The monoisotopic (exact) mass is 534 g/mol. The highest BCUT2D eigenvalue weighted by atomic mass is 16.5. The summed E-state index contributed by atoms with van der Waals surface area (Å²) in [6, 6.07) is 12.3. The number of rotatable bonds is 13. The molecule has 2 aliphatic rings. The van der Waals surface area contributed by atoms with Gasteiger partial charge in [-0.2, -0.15) is 0 Å². The smallest absolute Gasteiger partial charge is 0.295 e.